The van der Waals surface area contributed by atoms with Gasteiger partial charge in [-0.05, 0) is 138 Å². The molecule has 0 radical (unpaired) electrons. The predicted molar refractivity (Wildman–Crippen MR) is 378 cm³/mol. The van der Waals surface area contributed by atoms with Crippen LogP contribution in [0.1, 0.15) is 17.8 Å². The molecule has 412 valence electrons. The highest BCUT2D eigenvalue weighted by Gasteiger charge is 2.45. The zero-order chi connectivity index (χ0) is 69.6. The molecule has 19 rings (SSSR count). The molecule has 17 aromatic rings. The van der Waals surface area contributed by atoms with Gasteiger partial charge in [-0.25, -0.2) is 0 Å². The molecule has 0 bridgehead atoms. The van der Waals surface area contributed by atoms with Gasteiger partial charge in [-0.3, -0.25) is 0 Å². The Hall–Kier alpha value is -11.7. The number of rotatable bonds is 6. The molecule has 3 aromatic heterocycles. The second-order valence-electron chi connectivity index (χ2n) is 22.9. The minimum Gasteiger partial charge on any atom is -0.311 e. The monoisotopic (exact) mass is 1140 g/mol. The largest absolute Gasteiger partial charge is 0.311 e. The van der Waals surface area contributed by atoms with E-state index in [9.17, 15) is 8.22 Å². The average Bonchev–Trinajstić information content (AvgIpc) is 1.58. The third-order valence-electron chi connectivity index (χ3n) is 18.4. The SMILES string of the molecule is [2H]c1c([2H])c([2H])c(-c2ccc3c(c2)N(c2ccc(-c4ccccc4)cc2)c2cc4c(c5c2B3c2ccc(-n3c6c([2H])c([2H])c([2H])c([2H])c6c6c([2H])c([2H])c([2H])c([2H])c63)cc2N5c2ccc(-c3ccccc3)cc2)c2cccc3c5ccccc5c5ccccc5c5ccccc5n4c32)c([2H])c1[2H]. The van der Waals surface area contributed by atoms with Gasteiger partial charge in [0.15, 0.2) is 0 Å². The summed E-state index contributed by atoms with van der Waals surface area (Å²) in [5.74, 6) is 0. The molecule has 89 heavy (non-hydrogen) atoms. The number of hydrogen-bond acceptors (Lipinski definition) is 2. The Labute approximate surface area is 533 Å². The van der Waals surface area contributed by atoms with E-state index in [1.807, 2.05) is 72.8 Å². The highest BCUT2D eigenvalue weighted by Crippen LogP contribution is 2.52. The lowest BCUT2D eigenvalue weighted by Gasteiger charge is -2.44. The summed E-state index contributed by atoms with van der Waals surface area (Å²) in [6.45, 7) is -0.652. The molecular formula is C84H53BN4. The van der Waals surface area contributed by atoms with Crippen molar-refractivity contribution in [3.05, 3.63) is 321 Å². The lowest BCUT2D eigenvalue weighted by molar-refractivity contribution is 1.17. The summed E-state index contributed by atoms with van der Waals surface area (Å²) in [4.78, 5) is 4.55. The van der Waals surface area contributed by atoms with E-state index in [1.165, 1.54) is 0 Å². The zero-order valence-corrected chi connectivity index (χ0v) is 47.5. The number of para-hydroxylation sites is 4. The van der Waals surface area contributed by atoms with Gasteiger partial charge in [0.2, 0.25) is 0 Å². The average molecular weight is 1140 g/mol. The predicted octanol–water partition coefficient (Wildman–Crippen LogP) is 20.4. The highest BCUT2D eigenvalue weighted by molar-refractivity contribution is 7.00. The van der Waals surface area contributed by atoms with Gasteiger partial charge in [-0.15, -0.1) is 0 Å². The number of benzene rings is 14. The summed E-state index contributed by atoms with van der Waals surface area (Å²) in [6, 6.07) is 77.4. The number of fused-ring (bicyclic) bond motifs is 18. The molecule has 14 aromatic carbocycles. The Morgan fingerprint density at radius 1 is 0.281 bits per heavy atom. The molecule has 0 fully saturated rings. The summed E-state index contributed by atoms with van der Waals surface area (Å²) < 4.78 is 124. The Morgan fingerprint density at radius 2 is 0.753 bits per heavy atom. The summed E-state index contributed by atoms with van der Waals surface area (Å²) in [5, 5.41) is 7.95. The topological polar surface area (TPSA) is 15.8 Å². The van der Waals surface area contributed by atoms with E-state index in [-0.39, 0.29) is 39.5 Å². The molecule has 5 heteroatoms. The Balaban J connectivity index is 1.03. The third-order valence-corrected chi connectivity index (χ3v) is 18.4. The van der Waals surface area contributed by atoms with Crippen LogP contribution >= 0.6 is 0 Å². The minimum absolute atomic E-state index is 0.0164. The van der Waals surface area contributed by atoms with Crippen LogP contribution in [0.25, 0.3) is 121 Å². The lowest BCUT2D eigenvalue weighted by Crippen LogP contribution is -2.61. The van der Waals surface area contributed by atoms with E-state index in [2.05, 4.69) is 184 Å². The molecule has 0 amide bonds. The summed E-state index contributed by atoms with van der Waals surface area (Å²) in [6.07, 6.45) is 0. The molecule has 0 N–H and O–H groups in total. The number of nitrogens with zero attached hydrogens (tertiary/aromatic N) is 4. The Kier molecular flexibility index (Phi) is 8.38. The van der Waals surface area contributed by atoms with Crippen LogP contribution in [-0.2, 0) is 0 Å². The van der Waals surface area contributed by atoms with E-state index in [0.29, 0.717) is 22.6 Å². The minimum atomic E-state index is -0.652. The van der Waals surface area contributed by atoms with Gasteiger partial charge in [-0.1, -0.05) is 255 Å². The quantitative estimate of drug-likeness (QED) is 0.154. The van der Waals surface area contributed by atoms with Crippen LogP contribution in [0.3, 0.4) is 0 Å². The second kappa shape index (κ2) is 19.4. The van der Waals surface area contributed by atoms with Crippen molar-refractivity contribution < 1.29 is 17.8 Å². The third kappa shape index (κ3) is 7.37. The first-order valence-corrected chi connectivity index (χ1v) is 29.8. The van der Waals surface area contributed by atoms with Crippen LogP contribution in [0.4, 0.5) is 34.1 Å². The van der Waals surface area contributed by atoms with E-state index in [0.717, 1.165) is 121 Å². The van der Waals surface area contributed by atoms with Crippen molar-refractivity contribution in [2.75, 3.05) is 9.80 Å². The van der Waals surface area contributed by atoms with Crippen molar-refractivity contribution in [1.82, 2.24) is 8.97 Å². The van der Waals surface area contributed by atoms with Crippen molar-refractivity contribution in [2.24, 2.45) is 0 Å². The molecule has 2 aliphatic rings. The number of aromatic nitrogens is 2. The Morgan fingerprint density at radius 3 is 1.39 bits per heavy atom. The molecule has 0 saturated heterocycles. The second-order valence-corrected chi connectivity index (χ2v) is 22.9. The molecule has 0 spiro atoms. The molecule has 5 heterocycles. The molecule has 0 atom stereocenters. The van der Waals surface area contributed by atoms with Crippen LogP contribution in [0.2, 0.25) is 0 Å². The fourth-order valence-corrected chi connectivity index (χ4v) is 14.6. The maximum absolute atomic E-state index is 9.70. The van der Waals surface area contributed by atoms with Crippen molar-refractivity contribution in [1.29, 1.82) is 0 Å². The standard InChI is InChI=1S/C84H53BN4/c1-4-21-54(22-5-1)57-39-44-60(45-40-57)86-77-51-59(56-25-8-3-9-26-56)43-49-72(77)85-73-50-48-62(87-74-36-17-15-32-68(74)69-33-16-18-37-75(69)87)52-78(73)88(61-46-41-58(42-47-61)55-23-6-2-7-24-55)84-81-71-35-20-34-70-66-30-13-11-28-64(66)63-27-10-12-29-65(63)67-31-14-19-38-76(67)89(83(70)71)79(81)53-80(86)82(84)85/h1-53H/i3D,8D,9D,15D,16D,17D,18D,25D,26D,32D,33D,36D,37D. The van der Waals surface area contributed by atoms with Crippen LogP contribution in [0.5, 0.6) is 0 Å². The normalized spacial score (nSPS) is 14.7. The van der Waals surface area contributed by atoms with Crippen LogP contribution in [-0.4, -0.2) is 15.7 Å². The van der Waals surface area contributed by atoms with Crippen molar-refractivity contribution in [3.8, 4) is 39.1 Å². The van der Waals surface area contributed by atoms with Gasteiger partial charge in [0, 0.05) is 66.4 Å². The van der Waals surface area contributed by atoms with Gasteiger partial charge in [0.05, 0.1) is 51.1 Å². The van der Waals surface area contributed by atoms with Crippen molar-refractivity contribution in [2.45, 2.75) is 0 Å². The van der Waals surface area contributed by atoms with Gasteiger partial charge < -0.3 is 18.8 Å². The molecule has 2 aliphatic heterocycles. The number of anilines is 6. The van der Waals surface area contributed by atoms with E-state index in [1.54, 1.807) is 4.57 Å². The molecule has 0 saturated carbocycles. The maximum Gasteiger partial charge on any atom is 0.252 e. The first-order valence-electron chi connectivity index (χ1n) is 36.3. The molecule has 4 nitrogen and oxygen atoms in total. The highest BCUT2D eigenvalue weighted by atomic mass is 15.2. The van der Waals surface area contributed by atoms with Gasteiger partial charge >= 0.3 is 0 Å². The van der Waals surface area contributed by atoms with Crippen molar-refractivity contribution >= 4 is 139 Å². The smallest absolute Gasteiger partial charge is 0.252 e. The van der Waals surface area contributed by atoms with Crippen LogP contribution in [0.15, 0.2) is 321 Å². The molecule has 0 aliphatic carbocycles. The zero-order valence-electron chi connectivity index (χ0n) is 60.5. The fraction of sp³-hybridized carbons (Fsp3) is 0. The van der Waals surface area contributed by atoms with Crippen LogP contribution < -0.4 is 26.2 Å². The van der Waals surface area contributed by atoms with E-state index < -0.39 is 73.2 Å². The lowest BCUT2D eigenvalue weighted by atomic mass is 9.33. The summed E-state index contributed by atoms with van der Waals surface area (Å²) in [7, 11) is 0. The van der Waals surface area contributed by atoms with E-state index in [4.69, 9.17) is 9.60 Å². The fourth-order valence-electron chi connectivity index (χ4n) is 14.6. The number of hydrogen-bond donors (Lipinski definition) is 0. The first kappa shape index (κ1) is 38.4. The van der Waals surface area contributed by atoms with Crippen LogP contribution in [0, 0.1) is 0 Å². The molecule has 0 unspecified atom stereocenters. The maximum atomic E-state index is 9.70. The molecular weight excluding hydrogens is 1080 g/mol. The van der Waals surface area contributed by atoms with Crippen molar-refractivity contribution in [3.63, 3.8) is 0 Å². The summed E-state index contributed by atoms with van der Waals surface area (Å²) >= 11 is 0. The Bertz CT molecular complexity index is 6510. The first-order chi connectivity index (χ1) is 49.6. The van der Waals surface area contributed by atoms with Gasteiger partial charge in [0.25, 0.3) is 6.71 Å². The van der Waals surface area contributed by atoms with Gasteiger partial charge in [-0.2, -0.15) is 0 Å². The summed E-state index contributed by atoms with van der Waals surface area (Å²) in [5.41, 5.74) is 14.4. The van der Waals surface area contributed by atoms with E-state index >= 15 is 0 Å². The van der Waals surface area contributed by atoms with Gasteiger partial charge in [0.1, 0.15) is 0 Å².